The molecule has 0 fully saturated rings. The first-order valence-corrected chi connectivity index (χ1v) is 7.69. The molecule has 0 heterocycles. The average Bonchev–Trinajstić information content (AvgIpc) is 2.53. The minimum Gasteiger partial charge on any atom is -0.375 e. The van der Waals surface area contributed by atoms with Gasteiger partial charge in [-0.05, 0) is 35.4 Å². The summed E-state index contributed by atoms with van der Waals surface area (Å²) >= 11 is 0. The number of nitriles is 1. The zero-order valence-electron chi connectivity index (χ0n) is 11.7. The fourth-order valence-corrected chi connectivity index (χ4v) is 2.29. The Labute approximate surface area is 135 Å². The maximum Gasteiger partial charge on any atom is 0.534 e. The van der Waals surface area contributed by atoms with Crippen molar-refractivity contribution in [1.29, 1.82) is 5.26 Å². The molecule has 0 saturated carbocycles. The molecule has 0 atom stereocenters. The predicted octanol–water partition coefficient (Wildman–Crippen LogP) is 3.27. The molecule has 24 heavy (non-hydrogen) atoms. The number of aldehydes is 1. The Morgan fingerprint density at radius 3 is 2.33 bits per heavy atom. The van der Waals surface area contributed by atoms with E-state index in [1.807, 2.05) is 6.07 Å². The third-order valence-electron chi connectivity index (χ3n) is 2.95. The normalized spacial score (nSPS) is 11.6. The van der Waals surface area contributed by atoms with Crippen LogP contribution in [0.4, 0.5) is 13.2 Å². The fourth-order valence-electron chi connectivity index (χ4n) is 1.82. The van der Waals surface area contributed by atoms with Gasteiger partial charge in [0, 0.05) is 0 Å². The highest BCUT2D eigenvalue weighted by Crippen LogP contribution is 2.32. The summed E-state index contributed by atoms with van der Waals surface area (Å²) in [4.78, 5) is 10.9. The van der Waals surface area contributed by atoms with Gasteiger partial charge in [0.2, 0.25) is 0 Å². The Balaban J connectivity index is 2.53. The quantitative estimate of drug-likeness (QED) is 0.477. The van der Waals surface area contributed by atoms with E-state index in [1.165, 1.54) is 18.2 Å². The zero-order valence-corrected chi connectivity index (χ0v) is 12.6. The van der Waals surface area contributed by atoms with E-state index in [9.17, 15) is 26.4 Å². The number of carbonyl (C=O) groups excluding carboxylic acids is 1. The molecule has 0 saturated heterocycles. The minimum absolute atomic E-state index is 0.177. The van der Waals surface area contributed by atoms with Crippen LogP contribution in [0.2, 0.25) is 0 Å². The van der Waals surface area contributed by atoms with E-state index < -0.39 is 21.4 Å². The number of alkyl halides is 3. The molecule has 0 unspecified atom stereocenters. The minimum atomic E-state index is -5.91. The summed E-state index contributed by atoms with van der Waals surface area (Å²) in [5.74, 6) is -0.748. The lowest BCUT2D eigenvalue weighted by atomic mass is 10.0. The van der Waals surface area contributed by atoms with Crippen molar-refractivity contribution < 1.29 is 30.6 Å². The van der Waals surface area contributed by atoms with E-state index in [4.69, 9.17) is 5.26 Å². The summed E-state index contributed by atoms with van der Waals surface area (Å²) in [6.07, 6.45) is 0.177. The SMILES string of the molecule is N#Cc1cccc(-c2ccc(C=O)c(OS(=O)(=O)C(F)(F)F)c2)c1. The molecule has 9 heteroatoms. The standard InChI is InChI=1S/C15H8F3NO4S/c16-15(17,18)24(21,22)23-14-7-12(4-5-13(14)9-20)11-3-1-2-10(6-11)8-19/h1-7,9H. The number of hydrogen-bond acceptors (Lipinski definition) is 5. The third kappa shape index (κ3) is 3.55. The van der Waals surface area contributed by atoms with Crippen molar-refractivity contribution in [2.45, 2.75) is 5.51 Å². The predicted molar refractivity (Wildman–Crippen MR) is 77.6 cm³/mol. The van der Waals surface area contributed by atoms with E-state index in [0.29, 0.717) is 11.1 Å². The van der Waals surface area contributed by atoms with Gasteiger partial charge in [-0.15, -0.1) is 0 Å². The largest absolute Gasteiger partial charge is 0.534 e. The monoisotopic (exact) mass is 355 g/mol. The van der Waals surface area contributed by atoms with Crippen LogP contribution in [0, 0.1) is 11.3 Å². The van der Waals surface area contributed by atoms with Gasteiger partial charge in [-0.25, -0.2) is 0 Å². The van der Waals surface area contributed by atoms with Crippen LogP contribution in [0.15, 0.2) is 42.5 Å². The third-order valence-corrected chi connectivity index (χ3v) is 3.91. The van der Waals surface area contributed by atoms with E-state index in [1.54, 1.807) is 12.1 Å². The lowest BCUT2D eigenvalue weighted by Gasteiger charge is -2.12. The smallest absolute Gasteiger partial charge is 0.375 e. The van der Waals surface area contributed by atoms with Crippen molar-refractivity contribution in [2.24, 2.45) is 0 Å². The molecular weight excluding hydrogens is 347 g/mol. The van der Waals surface area contributed by atoms with Crippen LogP contribution in [-0.4, -0.2) is 20.2 Å². The highest BCUT2D eigenvalue weighted by Gasteiger charge is 2.48. The van der Waals surface area contributed by atoms with E-state index in [2.05, 4.69) is 4.18 Å². The van der Waals surface area contributed by atoms with Gasteiger partial charge in [0.1, 0.15) is 0 Å². The van der Waals surface area contributed by atoms with Crippen molar-refractivity contribution >= 4 is 16.4 Å². The summed E-state index contributed by atoms with van der Waals surface area (Å²) in [6, 6.07) is 11.5. The van der Waals surface area contributed by atoms with E-state index >= 15 is 0 Å². The first kappa shape index (κ1) is 17.5. The fraction of sp³-hybridized carbons (Fsp3) is 0.0667. The Morgan fingerprint density at radius 1 is 1.08 bits per heavy atom. The molecular formula is C15H8F3NO4S. The number of carbonyl (C=O) groups is 1. The first-order valence-electron chi connectivity index (χ1n) is 6.28. The molecule has 0 spiro atoms. The lowest BCUT2D eigenvalue weighted by molar-refractivity contribution is -0.0500. The van der Waals surface area contributed by atoms with Crippen LogP contribution in [-0.2, 0) is 10.1 Å². The van der Waals surface area contributed by atoms with Gasteiger partial charge >= 0.3 is 15.6 Å². The van der Waals surface area contributed by atoms with Gasteiger partial charge < -0.3 is 4.18 Å². The maximum atomic E-state index is 12.4. The Morgan fingerprint density at radius 2 is 1.75 bits per heavy atom. The molecule has 124 valence electrons. The van der Waals surface area contributed by atoms with Gasteiger partial charge in [0.25, 0.3) is 0 Å². The summed E-state index contributed by atoms with van der Waals surface area (Å²) in [5.41, 5.74) is -4.95. The van der Waals surface area contributed by atoms with Crippen molar-refractivity contribution in [1.82, 2.24) is 0 Å². The number of halogens is 3. The van der Waals surface area contributed by atoms with Crippen LogP contribution in [0.3, 0.4) is 0 Å². The molecule has 0 aliphatic carbocycles. The van der Waals surface area contributed by atoms with Crippen molar-refractivity contribution in [2.75, 3.05) is 0 Å². The first-order chi connectivity index (χ1) is 11.2. The molecule has 0 N–H and O–H groups in total. The topological polar surface area (TPSA) is 84.2 Å². The van der Waals surface area contributed by atoms with Crippen molar-refractivity contribution in [3.05, 3.63) is 53.6 Å². The number of rotatable bonds is 4. The lowest BCUT2D eigenvalue weighted by Crippen LogP contribution is -2.28. The molecule has 0 aliphatic rings. The van der Waals surface area contributed by atoms with Gasteiger partial charge in [-0.3, -0.25) is 4.79 Å². The van der Waals surface area contributed by atoms with Gasteiger partial charge in [0.05, 0.1) is 17.2 Å². The molecule has 2 aromatic carbocycles. The molecule has 0 radical (unpaired) electrons. The van der Waals surface area contributed by atoms with Crippen LogP contribution in [0.5, 0.6) is 5.75 Å². The molecule has 0 amide bonds. The highest BCUT2D eigenvalue weighted by molar-refractivity contribution is 7.88. The Hall–Kier alpha value is -2.86. The molecule has 2 rings (SSSR count). The van der Waals surface area contributed by atoms with Gasteiger partial charge in [0.15, 0.2) is 12.0 Å². The molecule has 0 aromatic heterocycles. The Kier molecular flexibility index (Phi) is 4.61. The molecule has 2 aromatic rings. The van der Waals surface area contributed by atoms with Crippen LogP contribution >= 0.6 is 0 Å². The summed E-state index contributed by atoms with van der Waals surface area (Å²) in [5, 5.41) is 8.86. The Bertz CT molecular complexity index is 930. The maximum absolute atomic E-state index is 12.4. The van der Waals surface area contributed by atoms with Crippen LogP contribution in [0.25, 0.3) is 11.1 Å². The van der Waals surface area contributed by atoms with Crippen LogP contribution in [0.1, 0.15) is 15.9 Å². The van der Waals surface area contributed by atoms with Crippen molar-refractivity contribution in [3.8, 4) is 22.9 Å². The highest BCUT2D eigenvalue weighted by atomic mass is 32.2. The van der Waals surface area contributed by atoms with E-state index in [0.717, 1.165) is 12.1 Å². The van der Waals surface area contributed by atoms with Crippen LogP contribution < -0.4 is 4.18 Å². The summed E-state index contributed by atoms with van der Waals surface area (Å²) in [6.45, 7) is 0. The van der Waals surface area contributed by atoms with Crippen molar-refractivity contribution in [3.63, 3.8) is 0 Å². The van der Waals surface area contributed by atoms with Gasteiger partial charge in [-0.1, -0.05) is 18.2 Å². The molecule has 0 aliphatic heterocycles. The average molecular weight is 355 g/mol. The second-order valence-electron chi connectivity index (χ2n) is 4.55. The molecule has 5 nitrogen and oxygen atoms in total. The molecule has 0 bridgehead atoms. The number of benzene rings is 2. The summed E-state index contributed by atoms with van der Waals surface area (Å²) in [7, 11) is -5.91. The summed E-state index contributed by atoms with van der Waals surface area (Å²) < 4.78 is 63.6. The van der Waals surface area contributed by atoms with Gasteiger partial charge in [-0.2, -0.15) is 26.9 Å². The second kappa shape index (κ2) is 6.33. The van der Waals surface area contributed by atoms with E-state index in [-0.39, 0.29) is 17.4 Å². The number of hydrogen-bond donors (Lipinski definition) is 0. The second-order valence-corrected chi connectivity index (χ2v) is 6.08. The zero-order chi connectivity index (χ0) is 18.0. The number of nitrogens with zero attached hydrogens (tertiary/aromatic N) is 1.